The van der Waals surface area contributed by atoms with Crippen LogP contribution in [0.15, 0.2) is 103 Å². The molecule has 220 valence electrons. The molecular weight excluding hydrogens is 552 g/mol. The minimum absolute atomic E-state index is 0.116. The van der Waals surface area contributed by atoms with Crippen molar-refractivity contribution in [3.8, 4) is 11.5 Å². The fourth-order valence-corrected chi connectivity index (χ4v) is 5.41. The predicted octanol–water partition coefficient (Wildman–Crippen LogP) is 3.91. The monoisotopic (exact) mass is 582 g/mol. The number of hydrogen-bond donors (Lipinski definition) is 4. The Morgan fingerprint density at radius 2 is 1.26 bits per heavy atom. The third-order valence-electron chi connectivity index (χ3n) is 7.72. The molecule has 1 aliphatic carbocycles. The van der Waals surface area contributed by atoms with Crippen LogP contribution in [0.4, 0.5) is 0 Å². The number of phenols is 1. The van der Waals surface area contributed by atoms with Gasteiger partial charge >= 0.3 is 0 Å². The van der Waals surface area contributed by atoms with Crippen molar-refractivity contribution in [1.29, 1.82) is 0 Å². The van der Waals surface area contributed by atoms with Gasteiger partial charge in [0.2, 0.25) is 0 Å². The second-order valence-corrected chi connectivity index (χ2v) is 10.7. The number of aliphatic hydroxyl groups excluding tert-OH is 3. The van der Waals surface area contributed by atoms with E-state index in [2.05, 4.69) is 0 Å². The molecule has 43 heavy (non-hydrogen) atoms. The minimum Gasteiger partial charge on any atom is -0.504 e. The van der Waals surface area contributed by atoms with Crippen LogP contribution in [0.5, 0.6) is 11.5 Å². The number of phenolic OH excluding ortho intramolecular Hbond substituents is 1. The summed E-state index contributed by atoms with van der Waals surface area (Å²) in [7, 11) is 0. The summed E-state index contributed by atoms with van der Waals surface area (Å²) in [6, 6.07) is 24.5. The lowest BCUT2D eigenvalue weighted by atomic mass is 9.86. The zero-order valence-corrected chi connectivity index (χ0v) is 23.1. The van der Waals surface area contributed by atoms with Crippen LogP contribution >= 0.6 is 0 Å². The molecule has 2 aromatic heterocycles. The van der Waals surface area contributed by atoms with Gasteiger partial charge in [-0.05, 0) is 30.0 Å². The number of fused-ring (bicyclic) bond motifs is 2. The van der Waals surface area contributed by atoms with E-state index in [9.17, 15) is 30.0 Å². The molecule has 0 bridgehead atoms. The van der Waals surface area contributed by atoms with E-state index in [-0.39, 0.29) is 33.5 Å². The van der Waals surface area contributed by atoms with Crippen LogP contribution in [0, 0.1) is 0 Å². The van der Waals surface area contributed by atoms with Crippen LogP contribution in [0.3, 0.4) is 0 Å². The van der Waals surface area contributed by atoms with Gasteiger partial charge in [0, 0.05) is 31.0 Å². The lowest BCUT2D eigenvalue weighted by molar-refractivity contribution is -0.122. The van der Waals surface area contributed by atoms with Crippen molar-refractivity contribution in [2.75, 3.05) is 0 Å². The highest BCUT2D eigenvalue weighted by Crippen LogP contribution is 2.41. The molecule has 5 aromatic rings. The molecule has 0 saturated carbocycles. The van der Waals surface area contributed by atoms with E-state index in [0.717, 1.165) is 11.1 Å². The van der Waals surface area contributed by atoms with Gasteiger partial charge in [-0.15, -0.1) is 0 Å². The lowest BCUT2D eigenvalue weighted by Gasteiger charge is -2.35. The minimum atomic E-state index is -1.75. The van der Waals surface area contributed by atoms with E-state index in [1.54, 1.807) is 0 Å². The number of aryl methyl sites for hydroxylation is 4. The zero-order chi connectivity index (χ0) is 30.1. The summed E-state index contributed by atoms with van der Waals surface area (Å²) in [5, 5.41) is 43.0. The first-order chi connectivity index (χ1) is 20.8. The standard InChI is InChI=1S/C34H30O9/c35-24-15-21(13-11-19-7-3-1-4-8-19)41-27-18-25(36)28(17-23(24)27)43-34-29-26(37)16-22(14-12-20-9-5-2-6-10-20)42-33(29)31(39)30(38)32(34)40/h1-10,15-18,30-32,34,36,38-40H,11-14H2/t30-,31?,32-,34?/m0/s1. The Hall–Kier alpha value is -4.70. The van der Waals surface area contributed by atoms with Crippen LogP contribution in [0.1, 0.15) is 46.2 Å². The second-order valence-electron chi connectivity index (χ2n) is 10.7. The Balaban J connectivity index is 1.29. The smallest absolute Gasteiger partial charge is 0.193 e. The fraction of sp³-hybridized carbons (Fsp3) is 0.235. The Morgan fingerprint density at radius 1 is 0.674 bits per heavy atom. The highest BCUT2D eigenvalue weighted by molar-refractivity contribution is 5.80. The summed E-state index contributed by atoms with van der Waals surface area (Å²) < 4.78 is 17.6. The fourth-order valence-electron chi connectivity index (χ4n) is 5.41. The molecule has 1 aliphatic rings. The molecule has 6 rings (SSSR count). The van der Waals surface area contributed by atoms with Gasteiger partial charge in [0.25, 0.3) is 0 Å². The molecule has 0 radical (unpaired) electrons. The first kappa shape index (κ1) is 28.4. The molecule has 3 aromatic carbocycles. The van der Waals surface area contributed by atoms with Crippen molar-refractivity contribution in [2.24, 2.45) is 0 Å². The van der Waals surface area contributed by atoms with Crippen LogP contribution < -0.4 is 15.6 Å². The molecule has 0 amide bonds. The van der Waals surface area contributed by atoms with Crippen LogP contribution in [0.2, 0.25) is 0 Å². The molecule has 4 N–H and O–H groups in total. The first-order valence-electron chi connectivity index (χ1n) is 14.0. The van der Waals surface area contributed by atoms with Crippen molar-refractivity contribution >= 4 is 11.0 Å². The molecule has 2 heterocycles. The van der Waals surface area contributed by atoms with Gasteiger partial charge in [-0.2, -0.15) is 0 Å². The van der Waals surface area contributed by atoms with Crippen molar-refractivity contribution in [3.63, 3.8) is 0 Å². The lowest BCUT2D eigenvalue weighted by Crippen LogP contribution is -2.46. The molecule has 0 aliphatic heterocycles. The van der Waals surface area contributed by atoms with Crippen LogP contribution in [-0.2, 0) is 25.7 Å². The number of aliphatic hydroxyl groups is 3. The number of ether oxygens (including phenoxy) is 1. The number of benzene rings is 3. The Labute approximate surface area is 245 Å². The average Bonchev–Trinajstić information content (AvgIpc) is 3.01. The molecule has 0 spiro atoms. The summed E-state index contributed by atoms with van der Waals surface area (Å²) in [5.74, 6) is -0.106. The molecule has 9 nitrogen and oxygen atoms in total. The maximum absolute atomic E-state index is 13.3. The van der Waals surface area contributed by atoms with Gasteiger partial charge in [0.15, 0.2) is 28.5 Å². The van der Waals surface area contributed by atoms with Crippen LogP contribution in [-0.4, -0.2) is 32.6 Å². The van der Waals surface area contributed by atoms with Crippen molar-refractivity contribution < 1.29 is 34.0 Å². The summed E-state index contributed by atoms with van der Waals surface area (Å²) >= 11 is 0. The van der Waals surface area contributed by atoms with E-state index in [1.807, 2.05) is 60.7 Å². The van der Waals surface area contributed by atoms with Crippen molar-refractivity contribution in [3.05, 3.63) is 139 Å². The summed E-state index contributed by atoms with van der Waals surface area (Å²) in [5.41, 5.74) is 1.14. The number of rotatable bonds is 8. The predicted molar refractivity (Wildman–Crippen MR) is 157 cm³/mol. The Morgan fingerprint density at radius 3 is 1.88 bits per heavy atom. The summed E-state index contributed by atoms with van der Waals surface area (Å²) in [6.45, 7) is 0. The Bertz CT molecular complexity index is 1860. The van der Waals surface area contributed by atoms with Gasteiger partial charge in [0.05, 0.1) is 10.9 Å². The molecule has 0 saturated heterocycles. The van der Waals surface area contributed by atoms with Gasteiger partial charge in [-0.25, -0.2) is 0 Å². The van der Waals surface area contributed by atoms with E-state index in [4.69, 9.17) is 13.6 Å². The van der Waals surface area contributed by atoms with Gasteiger partial charge < -0.3 is 34.0 Å². The van der Waals surface area contributed by atoms with Crippen molar-refractivity contribution in [1.82, 2.24) is 0 Å². The highest BCUT2D eigenvalue weighted by Gasteiger charge is 2.46. The summed E-state index contributed by atoms with van der Waals surface area (Å²) in [6.07, 6.45) is -4.61. The average molecular weight is 583 g/mol. The van der Waals surface area contributed by atoms with Crippen molar-refractivity contribution in [2.45, 2.75) is 50.1 Å². The van der Waals surface area contributed by atoms with E-state index < -0.39 is 35.6 Å². The molecule has 9 heteroatoms. The second kappa shape index (κ2) is 11.9. The van der Waals surface area contributed by atoms with Gasteiger partial charge in [-0.3, -0.25) is 9.59 Å². The van der Waals surface area contributed by atoms with Gasteiger partial charge in [-0.1, -0.05) is 60.7 Å². The molecular formula is C34H30O9. The zero-order valence-electron chi connectivity index (χ0n) is 23.1. The summed E-state index contributed by atoms with van der Waals surface area (Å²) in [4.78, 5) is 26.3. The normalized spacial score (nSPS) is 19.7. The molecule has 2 unspecified atom stereocenters. The van der Waals surface area contributed by atoms with E-state index in [0.29, 0.717) is 37.2 Å². The first-order valence-corrected chi connectivity index (χ1v) is 14.0. The topological polar surface area (TPSA) is 151 Å². The van der Waals surface area contributed by atoms with Gasteiger partial charge in [0.1, 0.15) is 41.2 Å². The highest BCUT2D eigenvalue weighted by atomic mass is 16.5. The quantitative estimate of drug-likeness (QED) is 0.214. The number of aromatic hydroxyl groups is 1. The largest absolute Gasteiger partial charge is 0.504 e. The van der Waals surface area contributed by atoms with E-state index >= 15 is 0 Å². The third-order valence-corrected chi connectivity index (χ3v) is 7.72. The van der Waals surface area contributed by atoms with Crippen LogP contribution in [0.25, 0.3) is 11.0 Å². The Kier molecular flexibility index (Phi) is 7.86. The maximum atomic E-state index is 13.3. The molecule has 4 atom stereocenters. The maximum Gasteiger partial charge on any atom is 0.193 e. The van der Waals surface area contributed by atoms with E-state index in [1.165, 1.54) is 24.3 Å². The SMILES string of the molecule is O=c1cc(CCc2ccccc2)oc2c1C(Oc1cc3c(=O)cc(CCc4ccccc4)oc3cc1O)[C@@H](O)[C@@H](O)C2O. The molecule has 0 fully saturated rings. The third kappa shape index (κ3) is 5.83. The number of hydrogen-bond acceptors (Lipinski definition) is 9.